The first kappa shape index (κ1) is 22.9. The highest BCUT2D eigenvalue weighted by molar-refractivity contribution is 7.99. The van der Waals surface area contributed by atoms with Crippen molar-refractivity contribution in [3.05, 3.63) is 36.0 Å². The summed E-state index contributed by atoms with van der Waals surface area (Å²) < 4.78 is 7.33. The van der Waals surface area contributed by atoms with Crippen LogP contribution >= 0.6 is 11.8 Å². The fraction of sp³-hybridized carbons (Fsp3) is 0.455. The molecule has 0 bridgehead atoms. The Morgan fingerprint density at radius 1 is 1.19 bits per heavy atom. The fourth-order valence-corrected chi connectivity index (χ4v) is 3.58. The molecule has 3 aromatic rings. The van der Waals surface area contributed by atoms with E-state index in [1.807, 2.05) is 31.2 Å². The largest absolute Gasteiger partial charge is 0.484 e. The molecule has 0 aliphatic heterocycles. The zero-order chi connectivity index (χ0) is 22.2. The number of benzene rings is 1. The minimum atomic E-state index is -0.173. The highest BCUT2D eigenvalue weighted by Gasteiger charge is 2.14. The van der Waals surface area contributed by atoms with Gasteiger partial charge < -0.3 is 15.4 Å². The molecule has 0 saturated carbocycles. The maximum Gasteiger partial charge on any atom is 0.258 e. The topological polar surface area (TPSA) is 94.0 Å². The van der Waals surface area contributed by atoms with E-state index < -0.39 is 0 Å². The number of rotatable bonds is 11. The summed E-state index contributed by atoms with van der Waals surface area (Å²) in [7, 11) is 0. The van der Waals surface area contributed by atoms with Crippen molar-refractivity contribution in [1.82, 2.24) is 25.1 Å². The number of amides is 1. The van der Waals surface area contributed by atoms with Crippen LogP contribution in [0.5, 0.6) is 5.75 Å². The van der Waals surface area contributed by atoms with Gasteiger partial charge in [-0.2, -0.15) is 5.10 Å². The van der Waals surface area contributed by atoms with Crippen LogP contribution in [0.2, 0.25) is 0 Å². The summed E-state index contributed by atoms with van der Waals surface area (Å²) >= 11 is 1.62. The molecule has 3 rings (SSSR count). The lowest BCUT2D eigenvalue weighted by Gasteiger charge is -2.11. The van der Waals surface area contributed by atoms with Crippen LogP contribution in [0.25, 0.3) is 11.0 Å². The first-order valence-electron chi connectivity index (χ1n) is 10.6. The maximum atomic E-state index is 12.1. The molecule has 0 aliphatic carbocycles. The van der Waals surface area contributed by atoms with Crippen LogP contribution in [0, 0.1) is 6.92 Å². The van der Waals surface area contributed by atoms with Crippen LogP contribution in [0.1, 0.15) is 32.8 Å². The molecule has 0 aliphatic rings. The highest BCUT2D eigenvalue weighted by Crippen LogP contribution is 2.26. The second kappa shape index (κ2) is 11.0. The van der Waals surface area contributed by atoms with Gasteiger partial charge >= 0.3 is 0 Å². The highest BCUT2D eigenvalue weighted by atomic mass is 32.2. The quantitative estimate of drug-likeness (QED) is 0.346. The van der Waals surface area contributed by atoms with Gasteiger partial charge in [-0.1, -0.05) is 50.2 Å². The van der Waals surface area contributed by atoms with E-state index in [9.17, 15) is 4.79 Å². The Kier molecular flexibility index (Phi) is 8.11. The number of nitrogens with zero attached hydrogens (tertiary/aromatic N) is 4. The van der Waals surface area contributed by atoms with Crippen molar-refractivity contribution in [2.24, 2.45) is 0 Å². The molecular weight excluding hydrogens is 412 g/mol. The number of hydrogen-bond donors (Lipinski definition) is 2. The summed E-state index contributed by atoms with van der Waals surface area (Å²) in [5.41, 5.74) is 1.91. The number of fused-ring (bicyclic) bond motifs is 1. The molecule has 2 heterocycles. The Bertz CT molecular complexity index is 1000. The Balaban J connectivity index is 1.61. The van der Waals surface area contributed by atoms with Gasteiger partial charge in [-0.25, -0.2) is 14.6 Å². The monoisotopic (exact) mass is 442 g/mol. The third kappa shape index (κ3) is 6.58. The maximum absolute atomic E-state index is 12.1. The number of carbonyl (C=O) groups is 1. The lowest BCUT2D eigenvalue weighted by atomic mass is 10.2. The second-order valence-corrected chi connectivity index (χ2v) is 9.05. The van der Waals surface area contributed by atoms with Gasteiger partial charge in [0.2, 0.25) is 0 Å². The third-order valence-electron chi connectivity index (χ3n) is 4.40. The third-order valence-corrected chi connectivity index (χ3v) is 5.26. The number of carbonyl (C=O) groups excluding carboxylic acids is 1. The van der Waals surface area contributed by atoms with E-state index in [0.29, 0.717) is 24.1 Å². The summed E-state index contributed by atoms with van der Waals surface area (Å²) in [6.45, 7) is 10.1. The zero-order valence-electron chi connectivity index (χ0n) is 18.5. The normalized spacial score (nSPS) is 11.1. The number of aryl methyl sites for hydroxylation is 1. The van der Waals surface area contributed by atoms with Crippen LogP contribution in [0.3, 0.4) is 0 Å². The van der Waals surface area contributed by atoms with Gasteiger partial charge in [-0.3, -0.25) is 4.79 Å². The summed E-state index contributed by atoms with van der Waals surface area (Å²) in [6.07, 6.45) is 2.78. The van der Waals surface area contributed by atoms with Crippen molar-refractivity contribution in [2.75, 3.05) is 25.0 Å². The SMILES string of the molecule is CCCNc1nc(SC(C)C)nc2c1cnn2CCNC(=O)COc1ccc(C)cc1. The summed E-state index contributed by atoms with van der Waals surface area (Å²) in [6, 6.07) is 7.62. The molecule has 0 spiro atoms. The number of ether oxygens (including phenoxy) is 1. The molecule has 0 atom stereocenters. The van der Waals surface area contributed by atoms with Crippen LogP contribution in [0.4, 0.5) is 5.82 Å². The average molecular weight is 443 g/mol. The minimum Gasteiger partial charge on any atom is -0.484 e. The second-order valence-electron chi connectivity index (χ2n) is 7.50. The van der Waals surface area contributed by atoms with Gasteiger partial charge in [0.1, 0.15) is 11.6 Å². The van der Waals surface area contributed by atoms with Gasteiger partial charge in [-0.05, 0) is 25.5 Å². The first-order chi connectivity index (χ1) is 15.0. The van der Waals surface area contributed by atoms with Gasteiger partial charge in [0.15, 0.2) is 17.4 Å². The van der Waals surface area contributed by atoms with Gasteiger partial charge in [0.25, 0.3) is 5.91 Å². The molecule has 9 heteroatoms. The van der Waals surface area contributed by atoms with Crippen molar-refractivity contribution in [3.63, 3.8) is 0 Å². The predicted octanol–water partition coefficient (Wildman–Crippen LogP) is 3.65. The lowest BCUT2D eigenvalue weighted by molar-refractivity contribution is -0.123. The van der Waals surface area contributed by atoms with Crippen molar-refractivity contribution < 1.29 is 9.53 Å². The van der Waals surface area contributed by atoms with E-state index in [-0.39, 0.29) is 12.5 Å². The smallest absolute Gasteiger partial charge is 0.258 e. The van der Waals surface area contributed by atoms with Crippen molar-refractivity contribution in [2.45, 2.75) is 51.1 Å². The van der Waals surface area contributed by atoms with Crippen LogP contribution in [-0.2, 0) is 11.3 Å². The van der Waals surface area contributed by atoms with Crippen LogP contribution in [0.15, 0.2) is 35.6 Å². The van der Waals surface area contributed by atoms with Gasteiger partial charge in [0, 0.05) is 18.3 Å². The van der Waals surface area contributed by atoms with E-state index in [1.165, 1.54) is 0 Å². The molecule has 1 amide bonds. The number of nitrogens with one attached hydrogen (secondary N) is 2. The molecule has 166 valence electrons. The Labute approximate surface area is 187 Å². The fourth-order valence-electron chi connectivity index (χ4n) is 2.88. The number of aromatic nitrogens is 4. The molecule has 2 aromatic heterocycles. The molecule has 8 nitrogen and oxygen atoms in total. The van der Waals surface area contributed by atoms with Gasteiger partial charge in [-0.15, -0.1) is 0 Å². The number of thioether (sulfide) groups is 1. The Morgan fingerprint density at radius 2 is 1.97 bits per heavy atom. The Hall–Kier alpha value is -2.81. The number of anilines is 1. The lowest BCUT2D eigenvalue weighted by Crippen LogP contribution is -2.31. The summed E-state index contributed by atoms with van der Waals surface area (Å²) in [5, 5.41) is 12.7. The van der Waals surface area contributed by atoms with Gasteiger partial charge in [0.05, 0.1) is 18.1 Å². The van der Waals surface area contributed by atoms with E-state index in [0.717, 1.165) is 40.5 Å². The molecular formula is C22H30N6O2S. The minimum absolute atomic E-state index is 0.0225. The first-order valence-corrected chi connectivity index (χ1v) is 11.4. The van der Waals surface area contributed by atoms with E-state index >= 15 is 0 Å². The summed E-state index contributed by atoms with van der Waals surface area (Å²) in [4.78, 5) is 21.5. The van der Waals surface area contributed by atoms with E-state index in [1.54, 1.807) is 22.6 Å². The van der Waals surface area contributed by atoms with Crippen molar-refractivity contribution >= 4 is 34.5 Å². The molecule has 0 fully saturated rings. The number of hydrogen-bond acceptors (Lipinski definition) is 7. The molecule has 31 heavy (non-hydrogen) atoms. The average Bonchev–Trinajstić information content (AvgIpc) is 3.14. The summed E-state index contributed by atoms with van der Waals surface area (Å²) in [5.74, 6) is 1.31. The predicted molar refractivity (Wildman–Crippen MR) is 125 cm³/mol. The Morgan fingerprint density at radius 3 is 2.68 bits per heavy atom. The molecule has 0 saturated heterocycles. The molecule has 1 aromatic carbocycles. The van der Waals surface area contributed by atoms with Crippen molar-refractivity contribution in [3.8, 4) is 5.75 Å². The van der Waals surface area contributed by atoms with E-state index in [4.69, 9.17) is 9.72 Å². The van der Waals surface area contributed by atoms with Crippen molar-refractivity contribution in [1.29, 1.82) is 0 Å². The zero-order valence-corrected chi connectivity index (χ0v) is 19.3. The van der Waals surface area contributed by atoms with E-state index in [2.05, 4.69) is 41.5 Å². The molecule has 0 radical (unpaired) electrons. The standard InChI is InChI=1S/C22H30N6O2S/c1-5-10-24-20-18-13-25-28(21(18)27-22(26-20)31-15(2)3)12-11-23-19(29)14-30-17-8-6-16(4)7-9-17/h6-9,13,15H,5,10-12,14H2,1-4H3,(H,23,29)(H,24,26,27). The van der Waals surface area contributed by atoms with Crippen LogP contribution in [-0.4, -0.2) is 50.6 Å². The molecule has 2 N–H and O–H groups in total. The van der Waals surface area contributed by atoms with Crippen LogP contribution < -0.4 is 15.4 Å². The molecule has 0 unspecified atom stereocenters.